The minimum absolute atomic E-state index is 0.207. The van der Waals surface area contributed by atoms with Gasteiger partial charge in [0.1, 0.15) is 5.75 Å². The van der Waals surface area contributed by atoms with Gasteiger partial charge in [-0.2, -0.15) is 5.10 Å². The molecule has 0 spiro atoms. The number of fused-ring (bicyclic) bond motifs is 2. The van der Waals surface area contributed by atoms with Crippen LogP contribution in [0.25, 0.3) is 21.0 Å². The Labute approximate surface area is 136 Å². The molecule has 1 aromatic heterocycles. The molecule has 0 atom stereocenters. The van der Waals surface area contributed by atoms with E-state index in [0.29, 0.717) is 5.56 Å². The van der Waals surface area contributed by atoms with Gasteiger partial charge in [-0.25, -0.2) is 4.98 Å². The van der Waals surface area contributed by atoms with Crippen molar-refractivity contribution in [2.45, 2.75) is 0 Å². The lowest BCUT2D eigenvalue weighted by molar-refractivity contribution is 0.475. The lowest BCUT2D eigenvalue weighted by Crippen LogP contribution is -1.91. The van der Waals surface area contributed by atoms with E-state index in [-0.39, 0.29) is 5.75 Å². The van der Waals surface area contributed by atoms with Gasteiger partial charge in [0, 0.05) is 5.56 Å². The number of anilines is 1. The number of hydrogen-bond donors (Lipinski definition) is 2. The third-order valence-electron chi connectivity index (χ3n) is 3.60. The highest BCUT2D eigenvalue weighted by atomic mass is 32.1. The number of thiazole rings is 1. The Morgan fingerprint density at radius 3 is 2.74 bits per heavy atom. The Kier molecular flexibility index (Phi) is 3.40. The second kappa shape index (κ2) is 5.70. The van der Waals surface area contributed by atoms with E-state index in [9.17, 15) is 5.11 Å². The Morgan fingerprint density at radius 1 is 1.00 bits per heavy atom. The molecule has 0 saturated heterocycles. The van der Waals surface area contributed by atoms with Crippen LogP contribution in [0.15, 0.2) is 65.8 Å². The van der Waals surface area contributed by atoms with Gasteiger partial charge in [0.25, 0.3) is 0 Å². The fourth-order valence-electron chi connectivity index (χ4n) is 2.49. The number of benzene rings is 3. The van der Waals surface area contributed by atoms with E-state index >= 15 is 0 Å². The fraction of sp³-hybridized carbons (Fsp3) is 0. The van der Waals surface area contributed by atoms with Crippen molar-refractivity contribution >= 4 is 43.7 Å². The van der Waals surface area contributed by atoms with Crippen LogP contribution in [0.1, 0.15) is 5.56 Å². The second-order valence-electron chi connectivity index (χ2n) is 5.08. The van der Waals surface area contributed by atoms with Crippen molar-refractivity contribution in [1.82, 2.24) is 4.98 Å². The van der Waals surface area contributed by atoms with Crippen molar-refractivity contribution in [3.63, 3.8) is 0 Å². The van der Waals surface area contributed by atoms with E-state index in [0.717, 1.165) is 26.1 Å². The van der Waals surface area contributed by atoms with Crippen LogP contribution in [0.2, 0.25) is 0 Å². The Bertz CT molecular complexity index is 990. The smallest absolute Gasteiger partial charge is 0.204 e. The van der Waals surface area contributed by atoms with Gasteiger partial charge in [-0.1, -0.05) is 53.8 Å². The fourth-order valence-corrected chi connectivity index (χ4v) is 3.31. The van der Waals surface area contributed by atoms with Crippen molar-refractivity contribution in [1.29, 1.82) is 0 Å². The minimum atomic E-state index is 0.207. The van der Waals surface area contributed by atoms with Crippen LogP contribution >= 0.6 is 11.3 Å². The molecular weight excluding hydrogens is 306 g/mol. The largest absolute Gasteiger partial charge is 0.507 e. The first kappa shape index (κ1) is 13.7. The van der Waals surface area contributed by atoms with E-state index in [4.69, 9.17) is 0 Å². The summed E-state index contributed by atoms with van der Waals surface area (Å²) in [5, 5.41) is 17.1. The van der Waals surface area contributed by atoms with E-state index in [1.165, 1.54) is 0 Å². The number of hydrogen-bond acceptors (Lipinski definition) is 5. The van der Waals surface area contributed by atoms with Crippen LogP contribution in [0.3, 0.4) is 0 Å². The van der Waals surface area contributed by atoms with Gasteiger partial charge in [0.15, 0.2) is 0 Å². The summed E-state index contributed by atoms with van der Waals surface area (Å²) in [4.78, 5) is 4.46. The standard InChI is InChI=1S/C18H13N3OS/c22-16-10-9-12-5-1-2-6-13(12)14(16)11-19-21-18-20-15-7-3-4-8-17(15)23-18/h1-11,22H,(H,20,21). The topological polar surface area (TPSA) is 57.5 Å². The highest BCUT2D eigenvalue weighted by Crippen LogP contribution is 2.27. The summed E-state index contributed by atoms with van der Waals surface area (Å²) in [6, 6.07) is 19.4. The molecule has 0 bridgehead atoms. The van der Waals surface area contributed by atoms with E-state index in [1.807, 2.05) is 54.6 Å². The predicted molar refractivity (Wildman–Crippen MR) is 96.4 cm³/mol. The molecular formula is C18H13N3OS. The van der Waals surface area contributed by atoms with Gasteiger partial charge in [0.05, 0.1) is 16.4 Å². The van der Waals surface area contributed by atoms with Crippen LogP contribution < -0.4 is 5.43 Å². The first-order chi connectivity index (χ1) is 11.3. The summed E-state index contributed by atoms with van der Waals surface area (Å²) in [5.74, 6) is 0.207. The van der Waals surface area contributed by atoms with Gasteiger partial charge in [-0.3, -0.25) is 5.43 Å². The van der Waals surface area contributed by atoms with Gasteiger partial charge >= 0.3 is 0 Å². The van der Waals surface area contributed by atoms with Crippen LogP contribution in [-0.2, 0) is 0 Å². The molecule has 3 aromatic carbocycles. The molecule has 0 aliphatic carbocycles. The maximum Gasteiger partial charge on any atom is 0.204 e. The Balaban J connectivity index is 1.65. The predicted octanol–water partition coefficient (Wildman–Crippen LogP) is 4.60. The molecule has 112 valence electrons. The SMILES string of the molecule is Oc1ccc2ccccc2c1C=NNc1nc2ccccc2s1. The summed E-state index contributed by atoms with van der Waals surface area (Å²) >= 11 is 1.54. The number of phenolic OH excluding ortho intramolecular Hbond substituents is 1. The number of nitrogens with one attached hydrogen (secondary N) is 1. The van der Waals surface area contributed by atoms with Crippen molar-refractivity contribution in [3.05, 3.63) is 66.2 Å². The summed E-state index contributed by atoms with van der Waals surface area (Å²) in [6.45, 7) is 0. The first-order valence-corrected chi connectivity index (χ1v) is 7.98. The van der Waals surface area contributed by atoms with Crippen molar-refractivity contribution in [2.75, 3.05) is 5.43 Å². The molecule has 1 heterocycles. The summed E-state index contributed by atoms with van der Waals surface area (Å²) < 4.78 is 1.11. The number of rotatable bonds is 3. The van der Waals surface area contributed by atoms with Crippen molar-refractivity contribution in [3.8, 4) is 5.75 Å². The lowest BCUT2D eigenvalue weighted by atomic mass is 10.0. The molecule has 0 unspecified atom stereocenters. The summed E-state index contributed by atoms with van der Waals surface area (Å²) in [7, 11) is 0. The van der Waals surface area contributed by atoms with E-state index < -0.39 is 0 Å². The summed E-state index contributed by atoms with van der Waals surface area (Å²) in [5.41, 5.74) is 4.58. The molecule has 0 aliphatic rings. The third kappa shape index (κ3) is 2.62. The Morgan fingerprint density at radius 2 is 1.83 bits per heavy atom. The zero-order valence-corrected chi connectivity index (χ0v) is 12.9. The van der Waals surface area contributed by atoms with Gasteiger partial charge in [0.2, 0.25) is 5.13 Å². The number of aromatic nitrogens is 1. The molecule has 23 heavy (non-hydrogen) atoms. The van der Waals surface area contributed by atoms with E-state index in [1.54, 1.807) is 23.6 Å². The molecule has 5 heteroatoms. The van der Waals surface area contributed by atoms with Crippen LogP contribution in [0.4, 0.5) is 5.13 Å². The molecule has 0 radical (unpaired) electrons. The first-order valence-electron chi connectivity index (χ1n) is 7.16. The van der Waals surface area contributed by atoms with Gasteiger partial charge < -0.3 is 5.11 Å². The van der Waals surface area contributed by atoms with Crippen molar-refractivity contribution in [2.24, 2.45) is 5.10 Å². The monoisotopic (exact) mass is 319 g/mol. The quantitative estimate of drug-likeness (QED) is 0.428. The minimum Gasteiger partial charge on any atom is -0.507 e. The number of nitrogens with zero attached hydrogens (tertiary/aromatic N) is 2. The molecule has 0 fully saturated rings. The van der Waals surface area contributed by atoms with Gasteiger partial charge in [-0.05, 0) is 29.0 Å². The number of hydrazone groups is 1. The van der Waals surface area contributed by atoms with Crippen LogP contribution in [-0.4, -0.2) is 16.3 Å². The highest BCUT2D eigenvalue weighted by Gasteiger charge is 2.05. The zero-order chi connectivity index (χ0) is 15.6. The van der Waals surface area contributed by atoms with E-state index in [2.05, 4.69) is 15.5 Å². The second-order valence-corrected chi connectivity index (χ2v) is 6.11. The molecule has 4 aromatic rings. The van der Waals surface area contributed by atoms with Crippen LogP contribution in [0, 0.1) is 0 Å². The maximum atomic E-state index is 10.1. The van der Waals surface area contributed by atoms with Gasteiger partial charge in [-0.15, -0.1) is 0 Å². The Hall–Kier alpha value is -2.92. The highest BCUT2D eigenvalue weighted by molar-refractivity contribution is 7.22. The van der Waals surface area contributed by atoms with Crippen molar-refractivity contribution < 1.29 is 5.11 Å². The average molecular weight is 319 g/mol. The third-order valence-corrected chi connectivity index (χ3v) is 4.54. The molecule has 2 N–H and O–H groups in total. The number of phenols is 1. The molecule has 4 rings (SSSR count). The molecule has 0 aliphatic heterocycles. The number of para-hydroxylation sites is 1. The maximum absolute atomic E-state index is 10.1. The van der Waals surface area contributed by atoms with Crippen LogP contribution in [0.5, 0.6) is 5.75 Å². The average Bonchev–Trinajstić information content (AvgIpc) is 2.99. The number of aromatic hydroxyl groups is 1. The normalized spacial score (nSPS) is 11.5. The lowest BCUT2D eigenvalue weighted by Gasteiger charge is -2.04. The summed E-state index contributed by atoms with van der Waals surface area (Å²) in [6.07, 6.45) is 1.63. The molecule has 0 saturated carbocycles. The molecule has 0 amide bonds. The molecule has 4 nitrogen and oxygen atoms in total. The zero-order valence-electron chi connectivity index (χ0n) is 12.1.